The van der Waals surface area contributed by atoms with Gasteiger partial charge >= 0.3 is 23.9 Å². The highest BCUT2D eigenvalue weighted by atomic mass is 127. The van der Waals surface area contributed by atoms with Crippen molar-refractivity contribution >= 4 is 46.5 Å². The predicted molar refractivity (Wildman–Crippen MR) is 81.4 cm³/mol. The van der Waals surface area contributed by atoms with Crippen LogP contribution in [0.5, 0.6) is 0 Å². The molecule has 23 heavy (non-hydrogen) atoms. The number of hydrogen-bond donors (Lipinski definition) is 0. The quantitative estimate of drug-likeness (QED) is 0.258. The Balaban J connectivity index is 3.21. The lowest BCUT2D eigenvalue weighted by Gasteiger charge is -2.41. The Hall–Kier alpha value is -1.43. The fourth-order valence-corrected chi connectivity index (χ4v) is 2.94. The number of hydrogen-bond acceptors (Lipinski definition) is 9. The lowest BCUT2D eigenvalue weighted by atomic mass is 9.99. The molecule has 5 atom stereocenters. The number of halogens is 1. The second-order valence-corrected chi connectivity index (χ2v) is 5.88. The Bertz CT molecular complexity index is 492. The van der Waals surface area contributed by atoms with Gasteiger partial charge < -0.3 is 23.7 Å². The van der Waals surface area contributed by atoms with E-state index in [1.807, 2.05) is 0 Å². The van der Waals surface area contributed by atoms with Crippen molar-refractivity contribution in [3.05, 3.63) is 0 Å². The van der Waals surface area contributed by atoms with Gasteiger partial charge in [-0.15, -0.1) is 0 Å². The highest BCUT2D eigenvalue weighted by molar-refractivity contribution is 14.1. The first-order chi connectivity index (χ1) is 10.7. The molecule has 0 spiro atoms. The van der Waals surface area contributed by atoms with Gasteiger partial charge in [0.2, 0.25) is 0 Å². The monoisotopic (exact) mass is 444 g/mol. The molecule has 0 aromatic heterocycles. The van der Waals surface area contributed by atoms with Gasteiger partial charge in [0.1, 0.15) is 0 Å². The summed E-state index contributed by atoms with van der Waals surface area (Å²) >= 11 is 1.78. The van der Waals surface area contributed by atoms with Crippen LogP contribution in [0.4, 0.5) is 0 Å². The minimum atomic E-state index is -1.32. The van der Waals surface area contributed by atoms with Crippen LogP contribution < -0.4 is 0 Å². The summed E-state index contributed by atoms with van der Waals surface area (Å²) < 4.78 is 24.5. The largest absolute Gasteiger partial charge is 0.467 e. The Morgan fingerprint density at radius 2 is 1.26 bits per heavy atom. The highest BCUT2D eigenvalue weighted by Crippen LogP contribution is 2.32. The number of esters is 4. The fourth-order valence-electron chi connectivity index (χ4n) is 2.07. The molecule has 1 saturated heterocycles. The van der Waals surface area contributed by atoms with Gasteiger partial charge in [-0.1, -0.05) is 0 Å². The van der Waals surface area contributed by atoms with Crippen molar-refractivity contribution < 1.29 is 42.9 Å². The second-order valence-electron chi connectivity index (χ2n) is 4.65. The Labute approximate surface area is 146 Å². The minimum absolute atomic E-state index is 0.643. The molecule has 0 aromatic rings. The van der Waals surface area contributed by atoms with Crippen LogP contribution in [-0.2, 0) is 42.9 Å². The zero-order chi connectivity index (χ0) is 17.7. The topological polar surface area (TPSA) is 114 Å². The van der Waals surface area contributed by atoms with Gasteiger partial charge in [-0.3, -0.25) is 14.4 Å². The number of alkyl halides is 1. The van der Waals surface area contributed by atoms with Crippen molar-refractivity contribution in [2.75, 3.05) is 7.11 Å². The maximum atomic E-state index is 11.9. The van der Waals surface area contributed by atoms with Crippen molar-refractivity contribution in [2.45, 2.75) is 49.3 Å². The maximum absolute atomic E-state index is 11.9. The summed E-state index contributed by atoms with van der Waals surface area (Å²) in [5, 5.41) is 0. The summed E-state index contributed by atoms with van der Waals surface area (Å²) in [6.45, 7) is 3.43. The Morgan fingerprint density at radius 1 is 0.826 bits per heavy atom. The highest BCUT2D eigenvalue weighted by Gasteiger charge is 2.53. The summed E-state index contributed by atoms with van der Waals surface area (Å²) in [7, 11) is 1.14. The standard InChI is InChI=1S/C13H17IO9/c1-5(15)20-8-9(21-6(2)16)11(13(18)19-4)23-12(14)10(8)22-7(3)17/h8-12H,1-4H3/t8-,9-,10+,11-,12-/m0/s1. The van der Waals surface area contributed by atoms with Crippen molar-refractivity contribution in [3.8, 4) is 0 Å². The van der Waals surface area contributed by atoms with Gasteiger partial charge in [-0.2, -0.15) is 0 Å². The number of carbonyl (C=O) groups excluding carboxylic acids is 4. The Morgan fingerprint density at radius 3 is 1.70 bits per heavy atom. The van der Waals surface area contributed by atoms with E-state index in [1.54, 1.807) is 22.6 Å². The summed E-state index contributed by atoms with van der Waals surface area (Å²) in [5.74, 6) is -2.87. The van der Waals surface area contributed by atoms with E-state index < -0.39 is 52.4 Å². The molecular weight excluding hydrogens is 427 g/mol. The molecule has 0 aromatic carbocycles. The zero-order valence-corrected chi connectivity index (χ0v) is 15.1. The summed E-state index contributed by atoms with van der Waals surface area (Å²) in [4.78, 5) is 45.8. The predicted octanol–water partition coefficient (Wildman–Crippen LogP) is 0.114. The van der Waals surface area contributed by atoms with E-state index in [1.165, 1.54) is 6.92 Å². The molecule has 1 aliphatic heterocycles. The molecule has 1 fully saturated rings. The van der Waals surface area contributed by atoms with Crippen LogP contribution in [0.2, 0.25) is 0 Å². The lowest BCUT2D eigenvalue weighted by molar-refractivity contribution is -0.232. The van der Waals surface area contributed by atoms with E-state index in [9.17, 15) is 19.2 Å². The second kappa shape index (κ2) is 8.43. The van der Waals surface area contributed by atoms with Crippen LogP contribution in [0.3, 0.4) is 0 Å². The van der Waals surface area contributed by atoms with Crippen LogP contribution in [0, 0.1) is 0 Å². The summed E-state index contributed by atoms with van der Waals surface area (Å²) in [6, 6.07) is 0. The van der Waals surface area contributed by atoms with Crippen molar-refractivity contribution in [1.82, 2.24) is 0 Å². The smallest absolute Gasteiger partial charge is 0.339 e. The molecule has 9 nitrogen and oxygen atoms in total. The molecule has 0 saturated carbocycles. The Kier molecular flexibility index (Phi) is 7.19. The SMILES string of the molecule is COC(=O)[C@H]1O[C@H](I)[C@H](OC(C)=O)[C@@H](OC(C)=O)[C@@H]1OC(C)=O. The van der Waals surface area contributed by atoms with Gasteiger partial charge in [0.15, 0.2) is 28.5 Å². The first-order valence-electron chi connectivity index (χ1n) is 6.56. The first kappa shape index (κ1) is 19.6. The molecule has 0 unspecified atom stereocenters. The van der Waals surface area contributed by atoms with Crippen molar-refractivity contribution in [3.63, 3.8) is 0 Å². The molecule has 130 valence electrons. The minimum Gasteiger partial charge on any atom is -0.467 e. The maximum Gasteiger partial charge on any atom is 0.339 e. The van der Waals surface area contributed by atoms with Gasteiger partial charge in [0.25, 0.3) is 0 Å². The third kappa shape index (κ3) is 5.30. The average Bonchev–Trinajstić information content (AvgIpc) is 2.43. The van der Waals surface area contributed by atoms with Crippen LogP contribution in [-0.4, -0.2) is 59.5 Å². The normalized spacial score (nSPS) is 30.0. The van der Waals surface area contributed by atoms with Crippen LogP contribution in [0.15, 0.2) is 0 Å². The molecule has 0 N–H and O–H groups in total. The van der Waals surface area contributed by atoms with Crippen molar-refractivity contribution in [1.29, 1.82) is 0 Å². The van der Waals surface area contributed by atoms with E-state index in [4.69, 9.17) is 18.9 Å². The van der Waals surface area contributed by atoms with Gasteiger partial charge in [-0.05, 0) is 22.6 Å². The van der Waals surface area contributed by atoms with E-state index >= 15 is 0 Å². The van der Waals surface area contributed by atoms with Crippen LogP contribution in [0.25, 0.3) is 0 Å². The molecule has 0 aliphatic carbocycles. The van der Waals surface area contributed by atoms with Gasteiger partial charge in [0, 0.05) is 20.8 Å². The lowest BCUT2D eigenvalue weighted by Crippen LogP contribution is -2.61. The molecular formula is C13H17IO9. The van der Waals surface area contributed by atoms with E-state index in [-0.39, 0.29) is 0 Å². The average molecular weight is 444 g/mol. The first-order valence-corrected chi connectivity index (χ1v) is 7.81. The number of rotatable bonds is 4. The van der Waals surface area contributed by atoms with Gasteiger partial charge in [0.05, 0.1) is 7.11 Å². The molecule has 10 heteroatoms. The van der Waals surface area contributed by atoms with Crippen LogP contribution in [0.1, 0.15) is 20.8 Å². The molecule has 0 radical (unpaired) electrons. The number of carbonyl (C=O) groups is 4. The molecule has 1 rings (SSSR count). The summed E-state index contributed by atoms with van der Waals surface area (Å²) in [6.07, 6.45) is -4.89. The third-order valence-corrected chi connectivity index (χ3v) is 3.82. The summed E-state index contributed by atoms with van der Waals surface area (Å²) in [5.41, 5.74) is 0. The fraction of sp³-hybridized carbons (Fsp3) is 0.692. The van der Waals surface area contributed by atoms with E-state index in [0.29, 0.717) is 0 Å². The number of methoxy groups -OCH3 is 1. The molecule has 1 aliphatic rings. The van der Waals surface area contributed by atoms with Crippen molar-refractivity contribution in [2.24, 2.45) is 0 Å². The molecule has 1 heterocycles. The molecule has 0 bridgehead atoms. The zero-order valence-electron chi connectivity index (χ0n) is 12.9. The van der Waals surface area contributed by atoms with Gasteiger partial charge in [-0.25, -0.2) is 4.79 Å². The van der Waals surface area contributed by atoms with E-state index in [0.717, 1.165) is 21.0 Å². The van der Waals surface area contributed by atoms with E-state index in [2.05, 4.69) is 4.74 Å². The number of ether oxygens (including phenoxy) is 5. The molecule has 0 amide bonds. The van der Waals surface area contributed by atoms with Crippen LogP contribution >= 0.6 is 22.6 Å². The third-order valence-electron chi connectivity index (χ3n) is 2.82.